The second-order valence-corrected chi connectivity index (χ2v) is 5.49. The predicted octanol–water partition coefficient (Wildman–Crippen LogP) is 2.33. The molecule has 1 aromatic carbocycles. The van der Waals surface area contributed by atoms with Crippen LogP contribution in [0.2, 0.25) is 0 Å². The van der Waals surface area contributed by atoms with Crippen LogP contribution in [0, 0.1) is 5.82 Å². The van der Waals surface area contributed by atoms with E-state index in [0.717, 1.165) is 13.0 Å². The van der Waals surface area contributed by atoms with Crippen LogP contribution >= 0.6 is 15.9 Å². The monoisotopic (exact) mass is 342 g/mol. The molecular weight excluding hydrogens is 327 g/mol. The van der Waals surface area contributed by atoms with Gasteiger partial charge in [-0.1, -0.05) is 6.07 Å². The summed E-state index contributed by atoms with van der Waals surface area (Å²) >= 11 is 3.06. The third-order valence-corrected chi connectivity index (χ3v) is 4.06. The number of likely N-dealkylation sites (tertiary alicyclic amines) is 1. The number of benzene rings is 1. The quantitative estimate of drug-likeness (QED) is 0.835. The van der Waals surface area contributed by atoms with Crippen molar-refractivity contribution in [3.63, 3.8) is 0 Å². The van der Waals surface area contributed by atoms with E-state index in [1.165, 1.54) is 12.1 Å². The highest BCUT2D eigenvalue weighted by atomic mass is 79.9. The van der Waals surface area contributed by atoms with Crippen molar-refractivity contribution in [2.45, 2.75) is 19.3 Å². The van der Waals surface area contributed by atoms with Gasteiger partial charge in [-0.15, -0.1) is 0 Å². The average Bonchev–Trinajstić information content (AvgIpc) is 2.83. The molecule has 0 atom stereocenters. The van der Waals surface area contributed by atoms with Crippen LogP contribution in [0.15, 0.2) is 22.7 Å². The molecule has 2 amide bonds. The number of halogens is 2. The van der Waals surface area contributed by atoms with Gasteiger partial charge in [0.2, 0.25) is 5.91 Å². The summed E-state index contributed by atoms with van der Waals surface area (Å²) in [5.74, 6) is -0.589. The topological polar surface area (TPSA) is 49.4 Å². The SMILES string of the molecule is O=C(NCCCN1CCCC1=O)c1cccc(F)c1Br. The van der Waals surface area contributed by atoms with Gasteiger partial charge in [0.1, 0.15) is 5.82 Å². The number of rotatable bonds is 5. The Labute approximate surface area is 125 Å². The predicted molar refractivity (Wildman–Crippen MR) is 76.9 cm³/mol. The summed E-state index contributed by atoms with van der Waals surface area (Å²) in [6, 6.07) is 4.35. The maximum Gasteiger partial charge on any atom is 0.252 e. The van der Waals surface area contributed by atoms with Crippen molar-refractivity contribution in [2.75, 3.05) is 19.6 Å². The molecule has 1 aromatic rings. The minimum atomic E-state index is -0.458. The van der Waals surface area contributed by atoms with Gasteiger partial charge < -0.3 is 10.2 Å². The Balaban J connectivity index is 1.78. The Kier molecular flexibility index (Phi) is 5.11. The first-order valence-electron chi connectivity index (χ1n) is 6.59. The smallest absolute Gasteiger partial charge is 0.252 e. The van der Waals surface area contributed by atoms with E-state index in [0.29, 0.717) is 25.9 Å². The minimum Gasteiger partial charge on any atom is -0.352 e. The lowest BCUT2D eigenvalue weighted by molar-refractivity contribution is -0.127. The number of hydrogen-bond acceptors (Lipinski definition) is 2. The van der Waals surface area contributed by atoms with Crippen LogP contribution < -0.4 is 5.32 Å². The Morgan fingerprint density at radius 3 is 2.95 bits per heavy atom. The maximum absolute atomic E-state index is 13.3. The molecule has 4 nitrogen and oxygen atoms in total. The third-order valence-electron chi connectivity index (χ3n) is 3.26. The van der Waals surface area contributed by atoms with Crippen LogP contribution in [0.3, 0.4) is 0 Å². The van der Waals surface area contributed by atoms with E-state index in [-0.39, 0.29) is 21.9 Å². The standard InChI is InChI=1S/C14H16BrFN2O2/c15-13-10(4-1-5-11(13)16)14(20)17-7-3-9-18-8-2-6-12(18)19/h1,4-5H,2-3,6-9H2,(H,17,20). The highest BCUT2D eigenvalue weighted by Gasteiger charge is 2.19. The van der Waals surface area contributed by atoms with Crippen molar-refractivity contribution in [2.24, 2.45) is 0 Å². The Bertz CT molecular complexity index is 522. The Hall–Kier alpha value is -1.43. The van der Waals surface area contributed by atoms with Gasteiger partial charge in [0.05, 0.1) is 10.0 Å². The summed E-state index contributed by atoms with van der Waals surface area (Å²) in [6.45, 7) is 1.93. The highest BCUT2D eigenvalue weighted by molar-refractivity contribution is 9.10. The fourth-order valence-electron chi connectivity index (χ4n) is 2.19. The zero-order valence-electron chi connectivity index (χ0n) is 11.0. The van der Waals surface area contributed by atoms with E-state index < -0.39 is 5.82 Å². The molecule has 0 spiro atoms. The van der Waals surface area contributed by atoms with E-state index in [4.69, 9.17) is 0 Å². The first kappa shape index (κ1) is 15.0. The molecule has 1 heterocycles. The van der Waals surface area contributed by atoms with Gasteiger partial charge in [-0.05, 0) is 40.9 Å². The number of carbonyl (C=O) groups is 2. The lowest BCUT2D eigenvalue weighted by Gasteiger charge is -2.15. The van der Waals surface area contributed by atoms with Crippen molar-refractivity contribution in [1.82, 2.24) is 10.2 Å². The molecule has 108 valence electrons. The molecule has 1 fully saturated rings. The summed E-state index contributed by atoms with van der Waals surface area (Å²) in [7, 11) is 0. The second-order valence-electron chi connectivity index (χ2n) is 4.70. The van der Waals surface area contributed by atoms with Crippen molar-refractivity contribution in [3.8, 4) is 0 Å². The van der Waals surface area contributed by atoms with Gasteiger partial charge in [-0.3, -0.25) is 9.59 Å². The highest BCUT2D eigenvalue weighted by Crippen LogP contribution is 2.20. The number of amides is 2. The van der Waals surface area contributed by atoms with E-state index in [9.17, 15) is 14.0 Å². The molecule has 1 aliphatic heterocycles. The first-order valence-corrected chi connectivity index (χ1v) is 7.39. The number of hydrogen-bond donors (Lipinski definition) is 1. The Morgan fingerprint density at radius 1 is 1.45 bits per heavy atom. The summed E-state index contributed by atoms with van der Waals surface area (Å²) in [5.41, 5.74) is 0.280. The molecule has 0 bridgehead atoms. The molecule has 0 aliphatic carbocycles. The molecule has 1 aliphatic rings. The van der Waals surface area contributed by atoms with Gasteiger partial charge in [0.15, 0.2) is 0 Å². The molecule has 1 saturated heterocycles. The van der Waals surface area contributed by atoms with Crippen LogP contribution in [0.4, 0.5) is 4.39 Å². The normalized spacial score (nSPS) is 14.7. The Morgan fingerprint density at radius 2 is 2.25 bits per heavy atom. The van der Waals surface area contributed by atoms with Gasteiger partial charge >= 0.3 is 0 Å². The van der Waals surface area contributed by atoms with E-state index in [1.54, 1.807) is 6.07 Å². The first-order chi connectivity index (χ1) is 9.59. The molecule has 0 radical (unpaired) electrons. The summed E-state index contributed by atoms with van der Waals surface area (Å²) in [6.07, 6.45) is 2.24. The van der Waals surface area contributed by atoms with E-state index in [2.05, 4.69) is 21.2 Å². The molecule has 0 aromatic heterocycles. The second kappa shape index (κ2) is 6.83. The van der Waals surface area contributed by atoms with Crippen LogP contribution in [-0.2, 0) is 4.79 Å². The van der Waals surface area contributed by atoms with E-state index in [1.807, 2.05) is 4.90 Å². The fraction of sp³-hybridized carbons (Fsp3) is 0.429. The fourth-order valence-corrected chi connectivity index (χ4v) is 2.63. The van der Waals surface area contributed by atoms with E-state index >= 15 is 0 Å². The summed E-state index contributed by atoms with van der Waals surface area (Å²) in [5, 5.41) is 2.73. The minimum absolute atomic E-state index is 0.173. The molecule has 0 unspecified atom stereocenters. The number of nitrogens with one attached hydrogen (secondary N) is 1. The zero-order chi connectivity index (χ0) is 14.5. The van der Waals surface area contributed by atoms with Gasteiger partial charge in [0, 0.05) is 26.1 Å². The summed E-state index contributed by atoms with van der Waals surface area (Å²) in [4.78, 5) is 25.1. The average molecular weight is 343 g/mol. The molecule has 20 heavy (non-hydrogen) atoms. The molecule has 1 N–H and O–H groups in total. The molecule has 2 rings (SSSR count). The lowest BCUT2D eigenvalue weighted by Crippen LogP contribution is -2.30. The van der Waals surface area contributed by atoms with Crippen LogP contribution in [-0.4, -0.2) is 36.3 Å². The van der Waals surface area contributed by atoms with Gasteiger partial charge in [-0.25, -0.2) is 4.39 Å². The summed E-state index contributed by atoms with van der Waals surface area (Å²) < 4.78 is 13.5. The maximum atomic E-state index is 13.3. The molecule has 6 heteroatoms. The van der Waals surface area contributed by atoms with Crippen molar-refractivity contribution in [3.05, 3.63) is 34.1 Å². The van der Waals surface area contributed by atoms with Crippen molar-refractivity contribution in [1.29, 1.82) is 0 Å². The lowest BCUT2D eigenvalue weighted by atomic mass is 10.2. The number of carbonyl (C=O) groups excluding carboxylic acids is 2. The molecular formula is C14H16BrFN2O2. The number of nitrogens with zero attached hydrogens (tertiary/aromatic N) is 1. The van der Waals surface area contributed by atoms with Gasteiger partial charge in [0.25, 0.3) is 5.91 Å². The largest absolute Gasteiger partial charge is 0.352 e. The van der Waals surface area contributed by atoms with Gasteiger partial charge in [-0.2, -0.15) is 0 Å². The van der Waals surface area contributed by atoms with Crippen molar-refractivity contribution < 1.29 is 14.0 Å². The molecule has 0 saturated carbocycles. The zero-order valence-corrected chi connectivity index (χ0v) is 12.6. The third kappa shape index (κ3) is 3.56. The van der Waals surface area contributed by atoms with Crippen LogP contribution in [0.25, 0.3) is 0 Å². The van der Waals surface area contributed by atoms with Crippen LogP contribution in [0.1, 0.15) is 29.6 Å². The van der Waals surface area contributed by atoms with Crippen LogP contribution in [0.5, 0.6) is 0 Å². The van der Waals surface area contributed by atoms with Crippen molar-refractivity contribution >= 4 is 27.7 Å².